The molecule has 0 fully saturated rings. The van der Waals surface area contributed by atoms with Crippen LogP contribution in [0.1, 0.15) is 19.2 Å². The third-order valence-electron chi connectivity index (χ3n) is 3.38. The molecule has 0 amide bonds. The number of anilines is 1. The molecule has 0 unspecified atom stereocenters. The number of nitrogens with two attached hydrogens (primary N) is 1. The SMILES string of the molecule is CCCc1nc2cc(N)ccc2n1-c1ccc(Br)c(Cl)c1. The van der Waals surface area contributed by atoms with E-state index in [1.54, 1.807) is 0 Å². The zero-order valence-electron chi connectivity index (χ0n) is 11.6. The van der Waals surface area contributed by atoms with Crippen LogP contribution >= 0.6 is 27.5 Å². The number of imidazole rings is 1. The zero-order chi connectivity index (χ0) is 15.0. The molecule has 0 bridgehead atoms. The number of halogens is 2. The maximum Gasteiger partial charge on any atom is 0.114 e. The van der Waals surface area contributed by atoms with Crippen molar-refractivity contribution in [3.05, 3.63) is 51.7 Å². The molecule has 21 heavy (non-hydrogen) atoms. The first-order valence-electron chi connectivity index (χ1n) is 6.82. The highest BCUT2D eigenvalue weighted by atomic mass is 79.9. The highest BCUT2D eigenvalue weighted by molar-refractivity contribution is 9.10. The molecule has 2 aromatic carbocycles. The van der Waals surface area contributed by atoms with Crippen molar-refractivity contribution in [3.8, 4) is 5.69 Å². The van der Waals surface area contributed by atoms with Crippen LogP contribution in [0.25, 0.3) is 16.7 Å². The number of benzene rings is 2. The summed E-state index contributed by atoms with van der Waals surface area (Å²) in [4.78, 5) is 4.72. The summed E-state index contributed by atoms with van der Waals surface area (Å²) in [7, 11) is 0. The molecule has 2 N–H and O–H groups in total. The maximum atomic E-state index is 6.24. The maximum absolute atomic E-state index is 6.24. The topological polar surface area (TPSA) is 43.8 Å². The van der Waals surface area contributed by atoms with E-state index in [4.69, 9.17) is 22.3 Å². The minimum atomic E-state index is 0.687. The third kappa shape index (κ3) is 2.65. The lowest BCUT2D eigenvalue weighted by molar-refractivity contribution is 0.818. The van der Waals surface area contributed by atoms with Gasteiger partial charge in [0.1, 0.15) is 5.82 Å². The van der Waals surface area contributed by atoms with Crippen molar-refractivity contribution in [2.45, 2.75) is 19.8 Å². The van der Waals surface area contributed by atoms with Gasteiger partial charge in [-0.2, -0.15) is 0 Å². The largest absolute Gasteiger partial charge is 0.399 e. The summed E-state index contributed by atoms with van der Waals surface area (Å²) in [5.74, 6) is 1.02. The van der Waals surface area contributed by atoms with Crippen molar-refractivity contribution < 1.29 is 0 Å². The Labute approximate surface area is 136 Å². The van der Waals surface area contributed by atoms with Crippen LogP contribution in [0.3, 0.4) is 0 Å². The van der Waals surface area contributed by atoms with E-state index in [0.717, 1.165) is 45.5 Å². The van der Waals surface area contributed by atoms with Gasteiger partial charge in [0.25, 0.3) is 0 Å². The lowest BCUT2D eigenvalue weighted by Crippen LogP contribution is -2.01. The molecule has 3 nitrogen and oxygen atoms in total. The Morgan fingerprint density at radius 2 is 2.05 bits per heavy atom. The molecule has 0 aliphatic heterocycles. The van der Waals surface area contributed by atoms with Gasteiger partial charge in [0.2, 0.25) is 0 Å². The Hall–Kier alpha value is -1.52. The number of fused-ring (bicyclic) bond motifs is 1. The van der Waals surface area contributed by atoms with E-state index in [0.29, 0.717) is 5.02 Å². The fourth-order valence-corrected chi connectivity index (χ4v) is 2.87. The van der Waals surface area contributed by atoms with Gasteiger partial charge >= 0.3 is 0 Å². The summed E-state index contributed by atoms with van der Waals surface area (Å²) in [5.41, 5.74) is 9.56. The Morgan fingerprint density at radius 3 is 2.76 bits per heavy atom. The second-order valence-electron chi connectivity index (χ2n) is 4.96. The number of nitrogen functional groups attached to an aromatic ring is 1. The Bertz CT molecular complexity index is 811. The Kier molecular flexibility index (Phi) is 3.91. The van der Waals surface area contributed by atoms with Crippen LogP contribution in [0.4, 0.5) is 5.69 Å². The van der Waals surface area contributed by atoms with Crippen LogP contribution in [0.15, 0.2) is 40.9 Å². The standard InChI is InChI=1S/C16H15BrClN3/c1-2-3-16-20-14-8-10(19)4-7-15(14)21(16)11-5-6-12(17)13(18)9-11/h4-9H,2-3,19H2,1H3. The molecule has 3 aromatic rings. The summed E-state index contributed by atoms with van der Waals surface area (Å²) < 4.78 is 3.04. The summed E-state index contributed by atoms with van der Waals surface area (Å²) in [6.07, 6.45) is 1.94. The highest BCUT2D eigenvalue weighted by Crippen LogP contribution is 2.29. The van der Waals surface area contributed by atoms with Crippen molar-refractivity contribution in [1.29, 1.82) is 0 Å². The summed E-state index contributed by atoms with van der Waals surface area (Å²) in [6.45, 7) is 2.15. The van der Waals surface area contributed by atoms with Gasteiger partial charge in [0.05, 0.1) is 16.1 Å². The van der Waals surface area contributed by atoms with Crippen LogP contribution in [0.2, 0.25) is 5.02 Å². The average molecular weight is 365 g/mol. The minimum Gasteiger partial charge on any atom is -0.399 e. The van der Waals surface area contributed by atoms with E-state index in [9.17, 15) is 0 Å². The van der Waals surface area contributed by atoms with Crippen LogP contribution in [0.5, 0.6) is 0 Å². The molecule has 1 heterocycles. The molecule has 0 aliphatic carbocycles. The minimum absolute atomic E-state index is 0.687. The molecule has 3 rings (SSSR count). The molecular formula is C16H15BrClN3. The number of nitrogens with zero attached hydrogens (tertiary/aromatic N) is 2. The monoisotopic (exact) mass is 363 g/mol. The van der Waals surface area contributed by atoms with Gasteiger partial charge in [-0.3, -0.25) is 4.57 Å². The van der Waals surface area contributed by atoms with Crippen molar-refractivity contribution >= 4 is 44.3 Å². The zero-order valence-corrected chi connectivity index (χ0v) is 13.9. The van der Waals surface area contributed by atoms with E-state index in [1.165, 1.54) is 0 Å². The molecule has 108 valence electrons. The average Bonchev–Trinajstić information content (AvgIpc) is 2.79. The number of aryl methyl sites for hydroxylation is 1. The summed E-state index contributed by atoms with van der Waals surface area (Å²) in [5, 5.41) is 0.687. The van der Waals surface area contributed by atoms with Gasteiger partial charge < -0.3 is 5.73 Å². The van der Waals surface area contributed by atoms with E-state index in [1.807, 2.05) is 36.4 Å². The summed E-state index contributed by atoms with van der Waals surface area (Å²) in [6, 6.07) is 11.8. The van der Waals surface area contributed by atoms with Crippen molar-refractivity contribution in [2.75, 3.05) is 5.73 Å². The first-order valence-corrected chi connectivity index (χ1v) is 7.99. The number of aromatic nitrogens is 2. The van der Waals surface area contributed by atoms with Gasteiger partial charge in [-0.05, 0) is 58.7 Å². The van der Waals surface area contributed by atoms with Crippen molar-refractivity contribution in [1.82, 2.24) is 9.55 Å². The molecule has 0 radical (unpaired) electrons. The first-order chi connectivity index (χ1) is 10.1. The fraction of sp³-hybridized carbons (Fsp3) is 0.188. The predicted molar refractivity (Wildman–Crippen MR) is 92.2 cm³/mol. The first kappa shape index (κ1) is 14.4. The van der Waals surface area contributed by atoms with Gasteiger partial charge in [0, 0.05) is 22.3 Å². The van der Waals surface area contributed by atoms with Gasteiger partial charge in [-0.25, -0.2) is 4.98 Å². The van der Waals surface area contributed by atoms with Crippen molar-refractivity contribution in [3.63, 3.8) is 0 Å². The Morgan fingerprint density at radius 1 is 1.24 bits per heavy atom. The van der Waals surface area contributed by atoms with Crippen LogP contribution in [0, 0.1) is 0 Å². The molecular weight excluding hydrogens is 350 g/mol. The van der Waals surface area contributed by atoms with E-state index in [2.05, 4.69) is 27.4 Å². The number of hydrogen-bond acceptors (Lipinski definition) is 2. The lowest BCUT2D eigenvalue weighted by atomic mass is 10.2. The lowest BCUT2D eigenvalue weighted by Gasteiger charge is -2.10. The second-order valence-corrected chi connectivity index (χ2v) is 6.22. The van der Waals surface area contributed by atoms with Gasteiger partial charge in [-0.15, -0.1) is 0 Å². The summed E-state index contributed by atoms with van der Waals surface area (Å²) >= 11 is 9.66. The van der Waals surface area contributed by atoms with E-state index in [-0.39, 0.29) is 0 Å². The van der Waals surface area contributed by atoms with E-state index < -0.39 is 0 Å². The quantitative estimate of drug-likeness (QED) is 0.666. The second kappa shape index (κ2) is 5.70. The van der Waals surface area contributed by atoms with E-state index >= 15 is 0 Å². The Balaban J connectivity index is 2.27. The molecule has 0 saturated carbocycles. The van der Waals surface area contributed by atoms with Crippen LogP contribution in [-0.4, -0.2) is 9.55 Å². The molecule has 5 heteroatoms. The molecule has 0 atom stereocenters. The molecule has 0 saturated heterocycles. The smallest absolute Gasteiger partial charge is 0.114 e. The van der Waals surface area contributed by atoms with Gasteiger partial charge in [0.15, 0.2) is 0 Å². The molecule has 0 spiro atoms. The van der Waals surface area contributed by atoms with Crippen LogP contribution < -0.4 is 5.73 Å². The normalized spacial score (nSPS) is 11.2. The number of hydrogen-bond donors (Lipinski definition) is 1. The third-order valence-corrected chi connectivity index (χ3v) is 4.62. The highest BCUT2D eigenvalue weighted by Gasteiger charge is 2.13. The molecule has 0 aliphatic rings. The molecule has 1 aromatic heterocycles. The fourth-order valence-electron chi connectivity index (χ4n) is 2.45. The van der Waals surface area contributed by atoms with Gasteiger partial charge in [-0.1, -0.05) is 18.5 Å². The van der Waals surface area contributed by atoms with Crippen molar-refractivity contribution in [2.24, 2.45) is 0 Å². The van der Waals surface area contributed by atoms with Crippen LogP contribution in [-0.2, 0) is 6.42 Å². The predicted octanol–water partition coefficient (Wildman–Crippen LogP) is 4.98. The number of rotatable bonds is 3.